The number of amides is 1. The summed E-state index contributed by atoms with van der Waals surface area (Å²) in [6.45, 7) is 8.11. The average molecular weight is 302 g/mol. The third-order valence-corrected chi connectivity index (χ3v) is 4.06. The molecular formula is C16H22N4O2. The molecule has 1 amide bonds. The molecule has 0 saturated carbocycles. The first kappa shape index (κ1) is 14.8. The minimum absolute atomic E-state index is 0.0190. The van der Waals surface area contributed by atoms with Gasteiger partial charge in [-0.05, 0) is 19.8 Å². The Balaban J connectivity index is 1.67. The van der Waals surface area contributed by atoms with Crippen LogP contribution in [0.2, 0.25) is 0 Å². The van der Waals surface area contributed by atoms with Crippen LogP contribution in [0.15, 0.2) is 10.6 Å². The van der Waals surface area contributed by atoms with Gasteiger partial charge in [0.2, 0.25) is 11.8 Å². The summed E-state index contributed by atoms with van der Waals surface area (Å²) < 4.78 is 5.22. The van der Waals surface area contributed by atoms with E-state index in [0.717, 1.165) is 35.7 Å². The molecule has 6 nitrogen and oxygen atoms in total. The Hall–Kier alpha value is -2.11. The summed E-state index contributed by atoms with van der Waals surface area (Å²) in [6, 6.07) is 1.80. The lowest BCUT2D eigenvalue weighted by Gasteiger charge is -2.19. The van der Waals surface area contributed by atoms with Crippen LogP contribution < -0.4 is 5.32 Å². The number of aryl methyl sites for hydroxylation is 2. The van der Waals surface area contributed by atoms with E-state index in [1.54, 1.807) is 6.07 Å². The Kier molecular flexibility index (Phi) is 3.54. The fourth-order valence-corrected chi connectivity index (χ4v) is 2.76. The van der Waals surface area contributed by atoms with E-state index in [0.29, 0.717) is 12.3 Å². The first-order valence-electron chi connectivity index (χ1n) is 7.65. The van der Waals surface area contributed by atoms with Crippen LogP contribution in [0.5, 0.6) is 0 Å². The van der Waals surface area contributed by atoms with Gasteiger partial charge in [-0.3, -0.25) is 10.1 Å². The number of imidazole rings is 1. The number of nitrogens with zero attached hydrogens (tertiary/aromatic N) is 2. The molecule has 0 spiro atoms. The zero-order valence-electron chi connectivity index (χ0n) is 13.5. The highest BCUT2D eigenvalue weighted by atomic mass is 16.5. The maximum atomic E-state index is 12.4. The summed E-state index contributed by atoms with van der Waals surface area (Å²) in [7, 11) is 0. The molecule has 0 aliphatic heterocycles. The number of hydrogen-bond acceptors (Lipinski definition) is 4. The van der Waals surface area contributed by atoms with E-state index in [1.807, 2.05) is 6.92 Å². The van der Waals surface area contributed by atoms with Crippen molar-refractivity contribution in [2.45, 2.75) is 52.4 Å². The van der Waals surface area contributed by atoms with E-state index in [4.69, 9.17) is 4.52 Å². The van der Waals surface area contributed by atoms with Crippen molar-refractivity contribution in [3.63, 3.8) is 0 Å². The van der Waals surface area contributed by atoms with Gasteiger partial charge in [-0.25, -0.2) is 4.98 Å². The van der Waals surface area contributed by atoms with E-state index in [1.165, 1.54) is 0 Å². The maximum Gasteiger partial charge on any atom is 0.231 e. The van der Waals surface area contributed by atoms with Gasteiger partial charge >= 0.3 is 0 Å². The smallest absolute Gasteiger partial charge is 0.231 e. The Bertz CT molecular complexity index is 693. The van der Waals surface area contributed by atoms with E-state index >= 15 is 0 Å². The largest absolute Gasteiger partial charge is 0.346 e. The number of hydrogen-bond donors (Lipinski definition) is 2. The van der Waals surface area contributed by atoms with Gasteiger partial charge in [0, 0.05) is 29.5 Å². The van der Waals surface area contributed by atoms with Gasteiger partial charge in [0.05, 0.1) is 11.4 Å². The van der Waals surface area contributed by atoms with E-state index < -0.39 is 0 Å². The van der Waals surface area contributed by atoms with Gasteiger partial charge in [-0.2, -0.15) is 0 Å². The minimum atomic E-state index is -0.0976. The number of nitrogens with one attached hydrogen (secondary N) is 2. The number of carbonyl (C=O) groups excluding carboxylic acids is 1. The first-order valence-corrected chi connectivity index (χ1v) is 7.65. The van der Waals surface area contributed by atoms with Crippen LogP contribution in [0.1, 0.15) is 50.1 Å². The second-order valence-corrected chi connectivity index (χ2v) is 7.00. The Morgan fingerprint density at radius 1 is 1.45 bits per heavy atom. The van der Waals surface area contributed by atoms with Gasteiger partial charge in [-0.15, -0.1) is 0 Å². The molecule has 6 heteroatoms. The molecule has 1 aliphatic rings. The standard InChI is InChI=1S/C16H22N4O2/c1-9-17-11-6-5-10(7-12(11)18-9)15(21)19-14-8-13(20-22-14)16(2,3)4/h8,10H,5-7H2,1-4H3,(H,17,18)(H,19,21)/t10-/m0/s1. The van der Waals surface area contributed by atoms with Crippen molar-refractivity contribution in [3.05, 3.63) is 29.0 Å². The van der Waals surface area contributed by atoms with Crippen LogP contribution in [0.3, 0.4) is 0 Å². The molecule has 2 aromatic heterocycles. The summed E-state index contributed by atoms with van der Waals surface area (Å²) in [4.78, 5) is 20.1. The van der Waals surface area contributed by atoms with Gasteiger partial charge in [0.1, 0.15) is 5.82 Å². The highest BCUT2D eigenvalue weighted by Crippen LogP contribution is 2.27. The summed E-state index contributed by atoms with van der Waals surface area (Å²) in [5.74, 6) is 1.25. The van der Waals surface area contributed by atoms with Crippen LogP contribution in [0, 0.1) is 12.8 Å². The van der Waals surface area contributed by atoms with Crippen LogP contribution in [0.4, 0.5) is 5.88 Å². The number of anilines is 1. The van der Waals surface area contributed by atoms with Crippen LogP contribution in [-0.4, -0.2) is 21.0 Å². The molecule has 0 fully saturated rings. The number of rotatable bonds is 2. The lowest BCUT2D eigenvalue weighted by Crippen LogP contribution is -2.28. The van der Waals surface area contributed by atoms with Crippen LogP contribution in [0.25, 0.3) is 0 Å². The van der Waals surface area contributed by atoms with Crippen molar-refractivity contribution < 1.29 is 9.32 Å². The predicted octanol–water partition coefficient (Wildman–Crippen LogP) is 2.75. The SMILES string of the molecule is Cc1nc2c([nH]1)C[C@@H](C(=O)Nc1cc(C(C)(C)C)no1)CC2. The molecule has 1 atom stereocenters. The second kappa shape index (κ2) is 5.26. The fourth-order valence-electron chi connectivity index (χ4n) is 2.76. The van der Waals surface area contributed by atoms with Gasteiger partial charge in [0.15, 0.2) is 0 Å². The van der Waals surface area contributed by atoms with Gasteiger partial charge in [0.25, 0.3) is 0 Å². The van der Waals surface area contributed by atoms with Crippen molar-refractivity contribution in [2.24, 2.45) is 5.92 Å². The first-order chi connectivity index (χ1) is 10.3. The average Bonchev–Trinajstić information content (AvgIpc) is 3.02. The van der Waals surface area contributed by atoms with Gasteiger partial charge < -0.3 is 9.51 Å². The van der Waals surface area contributed by atoms with Crippen molar-refractivity contribution in [1.29, 1.82) is 0 Å². The minimum Gasteiger partial charge on any atom is -0.346 e. The van der Waals surface area contributed by atoms with Crippen LogP contribution >= 0.6 is 0 Å². The molecule has 0 radical (unpaired) electrons. The summed E-state index contributed by atoms with van der Waals surface area (Å²) in [5, 5.41) is 6.86. The number of carbonyl (C=O) groups is 1. The number of aromatic nitrogens is 3. The van der Waals surface area contributed by atoms with E-state index in [9.17, 15) is 4.79 Å². The molecule has 3 rings (SSSR count). The Morgan fingerprint density at radius 3 is 2.91 bits per heavy atom. The third kappa shape index (κ3) is 2.91. The summed E-state index contributed by atoms with van der Waals surface area (Å²) in [5.41, 5.74) is 2.91. The van der Waals surface area contributed by atoms with Gasteiger partial charge in [-0.1, -0.05) is 25.9 Å². The summed E-state index contributed by atoms with van der Waals surface area (Å²) in [6.07, 6.45) is 2.34. The molecule has 2 N–H and O–H groups in total. The lowest BCUT2D eigenvalue weighted by molar-refractivity contribution is -0.120. The highest BCUT2D eigenvalue weighted by molar-refractivity contribution is 5.91. The molecule has 0 aromatic carbocycles. The molecular weight excluding hydrogens is 280 g/mol. The highest BCUT2D eigenvalue weighted by Gasteiger charge is 2.28. The molecule has 0 saturated heterocycles. The topological polar surface area (TPSA) is 83.8 Å². The molecule has 0 unspecified atom stereocenters. The molecule has 0 bridgehead atoms. The molecule has 2 heterocycles. The molecule has 2 aromatic rings. The van der Waals surface area contributed by atoms with E-state index in [-0.39, 0.29) is 17.2 Å². The number of fused-ring (bicyclic) bond motifs is 1. The predicted molar refractivity (Wildman–Crippen MR) is 82.7 cm³/mol. The van der Waals surface area contributed by atoms with Crippen molar-refractivity contribution >= 4 is 11.8 Å². The Morgan fingerprint density at radius 2 is 2.23 bits per heavy atom. The fraction of sp³-hybridized carbons (Fsp3) is 0.562. The van der Waals surface area contributed by atoms with E-state index in [2.05, 4.69) is 41.2 Å². The molecule has 22 heavy (non-hydrogen) atoms. The zero-order chi connectivity index (χ0) is 15.9. The van der Waals surface area contributed by atoms with Crippen molar-refractivity contribution in [1.82, 2.24) is 15.1 Å². The second-order valence-electron chi connectivity index (χ2n) is 7.00. The molecule has 118 valence electrons. The zero-order valence-corrected chi connectivity index (χ0v) is 13.5. The third-order valence-electron chi connectivity index (χ3n) is 4.06. The number of aromatic amines is 1. The van der Waals surface area contributed by atoms with Crippen molar-refractivity contribution in [2.75, 3.05) is 5.32 Å². The summed E-state index contributed by atoms with van der Waals surface area (Å²) >= 11 is 0. The number of H-pyrrole nitrogens is 1. The monoisotopic (exact) mass is 302 g/mol. The Labute approximate surface area is 129 Å². The molecule has 1 aliphatic carbocycles. The maximum absolute atomic E-state index is 12.4. The van der Waals surface area contributed by atoms with Crippen molar-refractivity contribution in [3.8, 4) is 0 Å². The lowest BCUT2D eigenvalue weighted by atomic mass is 9.89. The quantitative estimate of drug-likeness (QED) is 0.893. The van der Waals surface area contributed by atoms with Crippen LogP contribution in [-0.2, 0) is 23.1 Å². The normalized spacial score (nSPS) is 18.1.